The SMILES string of the molecule is C[C@@H](O)[C@H](NC(=O)[C@@H](N)Cc1ccc(O)cc1)C(=O)N[C@@H](CC(N)=O)C(=O)N[C@@H](CC(=O)O)C(=O)N[C@@H](Cc1ccc(O)cc1)C(=O)O. The minimum Gasteiger partial charge on any atom is -0.508 e. The molecular weight excluding hydrogens is 636 g/mol. The molecule has 6 atom stereocenters. The molecule has 2 aromatic rings. The lowest BCUT2D eigenvalue weighted by Crippen LogP contribution is -2.61. The van der Waals surface area contributed by atoms with Crippen molar-refractivity contribution in [3.8, 4) is 11.5 Å². The van der Waals surface area contributed by atoms with Gasteiger partial charge in [-0.2, -0.15) is 0 Å². The molecule has 260 valence electrons. The van der Waals surface area contributed by atoms with E-state index in [-0.39, 0.29) is 24.3 Å². The Morgan fingerprint density at radius 1 is 0.646 bits per heavy atom. The Balaban J connectivity index is 2.18. The van der Waals surface area contributed by atoms with Crippen molar-refractivity contribution in [3.05, 3.63) is 59.7 Å². The number of phenolic OH excluding ortho intramolecular Hbond substituents is 2. The fourth-order valence-electron chi connectivity index (χ4n) is 4.31. The summed E-state index contributed by atoms with van der Waals surface area (Å²) >= 11 is 0. The molecule has 0 fully saturated rings. The zero-order valence-corrected chi connectivity index (χ0v) is 25.7. The number of carbonyl (C=O) groups is 7. The van der Waals surface area contributed by atoms with Crippen LogP contribution in [0.15, 0.2) is 48.5 Å². The molecule has 2 rings (SSSR count). The number of carboxylic acid groups (broad SMARTS) is 2. The smallest absolute Gasteiger partial charge is 0.326 e. The molecule has 18 heteroatoms. The van der Waals surface area contributed by atoms with Crippen molar-refractivity contribution in [3.63, 3.8) is 0 Å². The van der Waals surface area contributed by atoms with E-state index < -0.39 is 90.6 Å². The monoisotopic (exact) mass is 674 g/mol. The van der Waals surface area contributed by atoms with Gasteiger partial charge in [0.1, 0.15) is 35.7 Å². The number of amides is 5. The number of hydrogen-bond acceptors (Lipinski definition) is 11. The summed E-state index contributed by atoms with van der Waals surface area (Å²) in [6, 6.07) is 2.92. The van der Waals surface area contributed by atoms with Crippen LogP contribution in [0.2, 0.25) is 0 Å². The fourth-order valence-corrected chi connectivity index (χ4v) is 4.31. The highest BCUT2D eigenvalue weighted by atomic mass is 16.4. The molecule has 0 saturated heterocycles. The molecule has 2 aromatic carbocycles. The third-order valence-electron chi connectivity index (χ3n) is 6.83. The normalized spacial score (nSPS) is 14.6. The highest BCUT2D eigenvalue weighted by molar-refractivity contribution is 5.98. The Labute approximate surface area is 273 Å². The van der Waals surface area contributed by atoms with E-state index in [1.807, 2.05) is 0 Å². The first-order chi connectivity index (χ1) is 22.5. The maximum atomic E-state index is 13.2. The number of rotatable bonds is 18. The average molecular weight is 675 g/mol. The summed E-state index contributed by atoms with van der Waals surface area (Å²) in [7, 11) is 0. The summed E-state index contributed by atoms with van der Waals surface area (Å²) in [4.78, 5) is 87.1. The Kier molecular flexibility index (Phi) is 14.3. The summed E-state index contributed by atoms with van der Waals surface area (Å²) in [6.45, 7) is 1.14. The highest BCUT2D eigenvalue weighted by Crippen LogP contribution is 2.13. The van der Waals surface area contributed by atoms with Crippen molar-refractivity contribution in [2.24, 2.45) is 11.5 Å². The predicted molar refractivity (Wildman–Crippen MR) is 165 cm³/mol. The molecule has 0 aromatic heterocycles. The molecule has 18 nitrogen and oxygen atoms in total. The molecule has 0 saturated carbocycles. The van der Waals surface area contributed by atoms with E-state index in [4.69, 9.17) is 11.5 Å². The zero-order chi connectivity index (χ0) is 36.1. The van der Waals surface area contributed by atoms with Crippen LogP contribution in [0.5, 0.6) is 11.5 Å². The van der Waals surface area contributed by atoms with Crippen molar-refractivity contribution < 1.29 is 59.1 Å². The van der Waals surface area contributed by atoms with Gasteiger partial charge in [0, 0.05) is 6.42 Å². The molecule has 5 amide bonds. The predicted octanol–water partition coefficient (Wildman–Crippen LogP) is -3.03. The number of aromatic hydroxyl groups is 2. The first kappa shape index (κ1) is 38.4. The van der Waals surface area contributed by atoms with Crippen molar-refractivity contribution >= 4 is 41.5 Å². The molecule has 0 radical (unpaired) electrons. The molecule has 0 unspecified atom stereocenters. The third-order valence-corrected chi connectivity index (χ3v) is 6.83. The lowest BCUT2D eigenvalue weighted by atomic mass is 10.0. The number of phenols is 2. The summed E-state index contributed by atoms with van der Waals surface area (Å²) < 4.78 is 0. The Bertz CT molecular complexity index is 1480. The maximum Gasteiger partial charge on any atom is 0.326 e. The lowest BCUT2D eigenvalue weighted by molar-refractivity contribution is -0.144. The molecule has 0 bridgehead atoms. The van der Waals surface area contributed by atoms with E-state index in [0.29, 0.717) is 11.1 Å². The fraction of sp³-hybridized carbons (Fsp3) is 0.367. The second kappa shape index (κ2) is 17.8. The first-order valence-corrected chi connectivity index (χ1v) is 14.4. The molecule has 0 aliphatic carbocycles. The van der Waals surface area contributed by atoms with Gasteiger partial charge in [0.05, 0.1) is 25.0 Å². The minimum atomic E-state index is -1.89. The number of hydrogen-bond donors (Lipinski definition) is 11. The molecule has 48 heavy (non-hydrogen) atoms. The van der Waals surface area contributed by atoms with Crippen LogP contribution in [-0.4, -0.2) is 103 Å². The maximum absolute atomic E-state index is 13.2. The largest absolute Gasteiger partial charge is 0.508 e. The number of carboxylic acids is 2. The van der Waals surface area contributed by atoms with Crippen LogP contribution in [-0.2, 0) is 46.4 Å². The van der Waals surface area contributed by atoms with Crippen LogP contribution in [0, 0.1) is 0 Å². The van der Waals surface area contributed by atoms with Gasteiger partial charge in [-0.05, 0) is 48.7 Å². The van der Waals surface area contributed by atoms with Crippen molar-refractivity contribution in [2.45, 2.75) is 68.9 Å². The number of carbonyl (C=O) groups excluding carboxylic acids is 5. The van der Waals surface area contributed by atoms with E-state index in [2.05, 4.69) is 21.3 Å². The quantitative estimate of drug-likeness (QED) is 0.0750. The van der Waals surface area contributed by atoms with Gasteiger partial charge in [-0.25, -0.2) is 4.79 Å². The van der Waals surface area contributed by atoms with Gasteiger partial charge in [0.15, 0.2) is 0 Å². The van der Waals surface area contributed by atoms with Gasteiger partial charge >= 0.3 is 11.9 Å². The highest BCUT2D eigenvalue weighted by Gasteiger charge is 2.34. The molecule has 0 heterocycles. The van der Waals surface area contributed by atoms with Gasteiger partial charge in [-0.15, -0.1) is 0 Å². The number of aliphatic carboxylic acids is 2. The molecular formula is C30H38N6O12. The average Bonchev–Trinajstić information content (AvgIpc) is 2.99. The number of primary amides is 1. The van der Waals surface area contributed by atoms with Gasteiger partial charge in [-0.1, -0.05) is 24.3 Å². The van der Waals surface area contributed by atoms with Crippen molar-refractivity contribution in [1.29, 1.82) is 0 Å². The van der Waals surface area contributed by atoms with Crippen LogP contribution in [0.4, 0.5) is 0 Å². The van der Waals surface area contributed by atoms with Gasteiger partial charge < -0.3 is 58.3 Å². The van der Waals surface area contributed by atoms with Gasteiger partial charge in [0.2, 0.25) is 29.5 Å². The number of benzene rings is 2. The molecule has 0 aliphatic rings. The van der Waals surface area contributed by atoms with E-state index in [0.717, 1.165) is 6.92 Å². The third kappa shape index (κ3) is 12.6. The Morgan fingerprint density at radius 2 is 1.08 bits per heavy atom. The van der Waals surface area contributed by atoms with Crippen LogP contribution < -0.4 is 32.7 Å². The number of aliphatic hydroxyl groups excluding tert-OH is 1. The van der Waals surface area contributed by atoms with E-state index in [9.17, 15) is 59.1 Å². The Hall–Kier alpha value is -5.75. The summed E-state index contributed by atoms with van der Waals surface area (Å²) in [5, 5.41) is 56.6. The summed E-state index contributed by atoms with van der Waals surface area (Å²) in [6.07, 6.45) is -3.75. The number of aliphatic hydroxyl groups is 1. The van der Waals surface area contributed by atoms with Crippen LogP contribution >= 0.6 is 0 Å². The molecule has 0 aliphatic heterocycles. The van der Waals surface area contributed by atoms with Crippen LogP contribution in [0.25, 0.3) is 0 Å². The Morgan fingerprint density at radius 3 is 1.52 bits per heavy atom. The topological polar surface area (TPSA) is 321 Å². The summed E-state index contributed by atoms with van der Waals surface area (Å²) in [5.74, 6) is -8.82. The second-order valence-electron chi connectivity index (χ2n) is 10.9. The minimum absolute atomic E-state index is 0.0119. The molecule has 0 spiro atoms. The van der Waals surface area contributed by atoms with E-state index in [1.54, 1.807) is 0 Å². The van der Waals surface area contributed by atoms with Gasteiger partial charge in [-0.3, -0.25) is 28.8 Å². The first-order valence-electron chi connectivity index (χ1n) is 14.4. The molecule has 13 N–H and O–H groups in total. The van der Waals surface area contributed by atoms with Crippen molar-refractivity contribution in [1.82, 2.24) is 21.3 Å². The standard InChI is InChI=1S/C30H38N6O12/c1-14(37)25(36-26(43)19(31)10-15-2-6-17(38)7-3-15)29(46)34-20(12-23(32)40)27(44)33-21(13-24(41)42)28(45)35-22(30(47)48)11-16-4-8-18(39)9-5-16/h2-9,14,19-22,25,37-39H,10-13,31H2,1H3,(H2,32,40)(H,33,44)(H,34,46)(H,35,45)(H,36,43)(H,41,42)(H,47,48)/t14-,19+,20+,21+,22+,25+/m1/s1. The van der Waals surface area contributed by atoms with E-state index >= 15 is 0 Å². The van der Waals surface area contributed by atoms with Crippen LogP contribution in [0.3, 0.4) is 0 Å². The van der Waals surface area contributed by atoms with Gasteiger partial charge in [0.25, 0.3) is 0 Å². The van der Waals surface area contributed by atoms with E-state index in [1.165, 1.54) is 48.5 Å². The lowest BCUT2D eigenvalue weighted by Gasteiger charge is -2.26. The van der Waals surface area contributed by atoms with Crippen LogP contribution in [0.1, 0.15) is 30.9 Å². The second-order valence-corrected chi connectivity index (χ2v) is 10.9. The van der Waals surface area contributed by atoms with Crippen molar-refractivity contribution in [2.75, 3.05) is 0 Å². The zero-order valence-electron chi connectivity index (χ0n) is 25.7. The summed E-state index contributed by atoms with van der Waals surface area (Å²) in [5.41, 5.74) is 12.1. The number of nitrogens with two attached hydrogens (primary N) is 2. The number of nitrogens with one attached hydrogen (secondary N) is 4.